The first-order valence-corrected chi connectivity index (χ1v) is 10.5. The van der Waals surface area contributed by atoms with E-state index in [1.54, 1.807) is 6.08 Å². The van der Waals surface area contributed by atoms with E-state index in [0.29, 0.717) is 37.2 Å². The molecule has 1 aromatic heterocycles. The van der Waals surface area contributed by atoms with Gasteiger partial charge in [0.25, 0.3) is 0 Å². The number of aromatic nitrogens is 2. The SMILES string of the molecule is C=CCOc1cccc(NC(=O)C2CCCN(Cc3nc(-c4ccccc4)no3)C2)c1. The summed E-state index contributed by atoms with van der Waals surface area (Å²) in [6.45, 7) is 6.17. The molecule has 0 bridgehead atoms. The molecule has 0 spiro atoms. The lowest BCUT2D eigenvalue weighted by molar-refractivity contribution is -0.121. The number of likely N-dealkylation sites (tertiary alicyclic amines) is 1. The third-order valence-electron chi connectivity index (χ3n) is 5.20. The lowest BCUT2D eigenvalue weighted by Crippen LogP contribution is -2.40. The molecule has 2 aromatic carbocycles. The predicted octanol–water partition coefficient (Wildman–Crippen LogP) is 4.15. The standard InChI is InChI=1S/C24H26N4O3/c1-2-14-30-21-12-6-11-20(15-21)25-24(29)19-10-7-13-28(16-19)17-22-26-23(27-31-22)18-8-4-3-5-9-18/h2-6,8-9,11-12,15,19H,1,7,10,13-14,16-17H2,(H,25,29). The molecule has 0 radical (unpaired) electrons. The molecule has 2 heterocycles. The van der Waals surface area contributed by atoms with Crippen LogP contribution in [0.1, 0.15) is 18.7 Å². The largest absolute Gasteiger partial charge is 0.489 e. The molecule has 7 nitrogen and oxygen atoms in total. The Balaban J connectivity index is 1.34. The van der Waals surface area contributed by atoms with E-state index in [9.17, 15) is 4.79 Å². The van der Waals surface area contributed by atoms with Crippen LogP contribution < -0.4 is 10.1 Å². The minimum atomic E-state index is -0.0944. The van der Waals surface area contributed by atoms with E-state index in [-0.39, 0.29) is 11.8 Å². The summed E-state index contributed by atoms with van der Waals surface area (Å²) < 4.78 is 11.0. The summed E-state index contributed by atoms with van der Waals surface area (Å²) in [5.74, 6) is 1.77. The van der Waals surface area contributed by atoms with E-state index >= 15 is 0 Å². The number of nitrogens with zero attached hydrogens (tertiary/aromatic N) is 3. The third-order valence-corrected chi connectivity index (χ3v) is 5.20. The molecular weight excluding hydrogens is 392 g/mol. The number of anilines is 1. The lowest BCUT2D eigenvalue weighted by Gasteiger charge is -2.30. The van der Waals surface area contributed by atoms with Crippen molar-refractivity contribution in [1.29, 1.82) is 0 Å². The summed E-state index contributed by atoms with van der Waals surface area (Å²) in [6.07, 6.45) is 3.49. The van der Waals surface area contributed by atoms with Crippen molar-refractivity contribution in [3.63, 3.8) is 0 Å². The number of piperidine rings is 1. The van der Waals surface area contributed by atoms with Gasteiger partial charge in [-0.2, -0.15) is 4.98 Å². The van der Waals surface area contributed by atoms with Crippen molar-refractivity contribution in [3.05, 3.63) is 73.1 Å². The predicted molar refractivity (Wildman–Crippen MR) is 118 cm³/mol. The molecule has 0 aliphatic carbocycles. The van der Waals surface area contributed by atoms with E-state index < -0.39 is 0 Å². The minimum absolute atomic E-state index is 0.0149. The lowest BCUT2D eigenvalue weighted by atomic mass is 9.97. The fourth-order valence-electron chi connectivity index (χ4n) is 3.69. The molecule has 1 saturated heterocycles. The Morgan fingerprint density at radius 1 is 1.26 bits per heavy atom. The molecule has 3 aromatic rings. The first-order valence-electron chi connectivity index (χ1n) is 10.5. The number of rotatable bonds is 8. The first-order chi connectivity index (χ1) is 15.2. The summed E-state index contributed by atoms with van der Waals surface area (Å²) in [4.78, 5) is 19.5. The van der Waals surface area contributed by atoms with Gasteiger partial charge < -0.3 is 14.6 Å². The van der Waals surface area contributed by atoms with Gasteiger partial charge in [-0.15, -0.1) is 0 Å². The first kappa shape index (κ1) is 20.8. The molecule has 1 aliphatic heterocycles. The fourth-order valence-corrected chi connectivity index (χ4v) is 3.69. The second-order valence-corrected chi connectivity index (χ2v) is 7.57. The van der Waals surface area contributed by atoms with Gasteiger partial charge in [0, 0.05) is 23.9 Å². The van der Waals surface area contributed by atoms with Gasteiger partial charge in [0.1, 0.15) is 12.4 Å². The third kappa shape index (κ3) is 5.58. The molecule has 4 rings (SSSR count). The van der Waals surface area contributed by atoms with Gasteiger partial charge in [-0.3, -0.25) is 9.69 Å². The van der Waals surface area contributed by atoms with Crippen LogP contribution in [0.25, 0.3) is 11.4 Å². The summed E-state index contributed by atoms with van der Waals surface area (Å²) in [6, 6.07) is 17.2. The van der Waals surface area contributed by atoms with E-state index in [0.717, 1.165) is 30.6 Å². The van der Waals surface area contributed by atoms with Crippen LogP contribution in [0.5, 0.6) is 5.75 Å². The maximum atomic E-state index is 12.8. The molecule has 1 atom stereocenters. The van der Waals surface area contributed by atoms with Crippen LogP contribution in [0, 0.1) is 5.92 Å². The molecular formula is C24H26N4O3. The molecule has 1 unspecified atom stereocenters. The fraction of sp³-hybridized carbons (Fsp3) is 0.292. The highest BCUT2D eigenvalue weighted by Gasteiger charge is 2.27. The Morgan fingerprint density at radius 2 is 2.13 bits per heavy atom. The number of benzene rings is 2. The van der Waals surface area contributed by atoms with Crippen molar-refractivity contribution in [3.8, 4) is 17.1 Å². The van der Waals surface area contributed by atoms with Crippen LogP contribution in [-0.4, -0.2) is 40.6 Å². The van der Waals surface area contributed by atoms with Crippen molar-refractivity contribution >= 4 is 11.6 Å². The zero-order chi connectivity index (χ0) is 21.5. The maximum absolute atomic E-state index is 12.8. The summed E-state index contributed by atoms with van der Waals surface area (Å²) >= 11 is 0. The highest BCUT2D eigenvalue weighted by Crippen LogP contribution is 2.23. The molecule has 7 heteroatoms. The molecule has 31 heavy (non-hydrogen) atoms. The van der Waals surface area contributed by atoms with Crippen LogP contribution in [0.3, 0.4) is 0 Å². The average molecular weight is 418 g/mol. The van der Waals surface area contributed by atoms with E-state index in [4.69, 9.17) is 9.26 Å². The van der Waals surface area contributed by atoms with Crippen molar-refractivity contribution in [2.45, 2.75) is 19.4 Å². The smallest absolute Gasteiger partial charge is 0.241 e. The molecule has 1 amide bonds. The van der Waals surface area contributed by atoms with Crippen molar-refractivity contribution < 1.29 is 14.1 Å². The van der Waals surface area contributed by atoms with E-state index in [1.807, 2.05) is 54.6 Å². The molecule has 1 aliphatic rings. The summed E-state index contributed by atoms with van der Waals surface area (Å²) in [5, 5.41) is 7.10. The number of amides is 1. The molecule has 160 valence electrons. The van der Waals surface area contributed by atoms with Crippen molar-refractivity contribution in [1.82, 2.24) is 15.0 Å². The van der Waals surface area contributed by atoms with Gasteiger partial charge in [-0.1, -0.05) is 54.2 Å². The topological polar surface area (TPSA) is 80.5 Å². The van der Waals surface area contributed by atoms with Gasteiger partial charge in [0.15, 0.2) is 0 Å². The number of carbonyl (C=O) groups is 1. The van der Waals surface area contributed by atoms with Gasteiger partial charge in [0.05, 0.1) is 12.5 Å². The maximum Gasteiger partial charge on any atom is 0.241 e. The van der Waals surface area contributed by atoms with E-state index in [1.165, 1.54) is 0 Å². The second-order valence-electron chi connectivity index (χ2n) is 7.57. The van der Waals surface area contributed by atoms with E-state index in [2.05, 4.69) is 26.9 Å². The molecule has 0 saturated carbocycles. The number of nitrogens with one attached hydrogen (secondary N) is 1. The Hall–Kier alpha value is -3.45. The summed E-state index contributed by atoms with van der Waals surface area (Å²) in [7, 11) is 0. The highest BCUT2D eigenvalue weighted by atomic mass is 16.5. The zero-order valence-corrected chi connectivity index (χ0v) is 17.4. The van der Waals surface area contributed by atoms with Gasteiger partial charge in [-0.05, 0) is 31.5 Å². The van der Waals surface area contributed by atoms with Gasteiger partial charge in [-0.25, -0.2) is 0 Å². The second kappa shape index (κ2) is 10.0. The number of carbonyl (C=O) groups excluding carboxylic acids is 1. The quantitative estimate of drug-likeness (QED) is 0.554. The van der Waals surface area contributed by atoms with Gasteiger partial charge in [0.2, 0.25) is 17.6 Å². The van der Waals surface area contributed by atoms with Crippen LogP contribution in [0.15, 0.2) is 71.8 Å². The average Bonchev–Trinajstić information content (AvgIpc) is 3.27. The van der Waals surface area contributed by atoms with Crippen molar-refractivity contribution in [2.24, 2.45) is 5.92 Å². The monoisotopic (exact) mass is 418 g/mol. The van der Waals surface area contributed by atoms with Gasteiger partial charge >= 0.3 is 0 Å². The minimum Gasteiger partial charge on any atom is -0.489 e. The Morgan fingerprint density at radius 3 is 2.97 bits per heavy atom. The van der Waals surface area contributed by atoms with Crippen LogP contribution in [-0.2, 0) is 11.3 Å². The van der Waals surface area contributed by atoms with Crippen LogP contribution in [0.2, 0.25) is 0 Å². The Labute approximate surface area is 181 Å². The number of hydrogen-bond acceptors (Lipinski definition) is 6. The highest BCUT2D eigenvalue weighted by molar-refractivity contribution is 5.92. The summed E-state index contributed by atoms with van der Waals surface area (Å²) in [5.41, 5.74) is 1.65. The Kier molecular flexibility index (Phi) is 6.74. The van der Waals surface area contributed by atoms with Crippen molar-refractivity contribution in [2.75, 3.05) is 25.0 Å². The number of ether oxygens (including phenoxy) is 1. The van der Waals surface area contributed by atoms with Crippen LogP contribution in [0.4, 0.5) is 5.69 Å². The Bertz CT molecular complexity index is 1020. The molecule has 1 N–H and O–H groups in total. The molecule has 1 fully saturated rings. The normalized spacial score (nSPS) is 16.6. The number of hydrogen-bond donors (Lipinski definition) is 1. The van der Waals surface area contributed by atoms with Crippen LogP contribution >= 0.6 is 0 Å². The zero-order valence-electron chi connectivity index (χ0n) is 17.4.